The molecule has 7 nitrogen and oxygen atoms in total. The Kier molecular flexibility index (Phi) is 11.2. The molecule has 0 aliphatic heterocycles. The fourth-order valence-corrected chi connectivity index (χ4v) is 5.60. The Morgan fingerprint density at radius 2 is 1.60 bits per heavy atom. The Bertz CT molecular complexity index is 1400. The molecule has 3 rings (SSSR count). The number of nitrogens with one attached hydrogen (secondary N) is 1. The van der Waals surface area contributed by atoms with Crippen molar-refractivity contribution in [2.24, 2.45) is 0 Å². The second-order valence-electron chi connectivity index (χ2n) is 9.96. The number of nitrogens with zero attached hydrogens (tertiary/aromatic N) is 2. The second kappa shape index (κ2) is 14.3. The van der Waals surface area contributed by atoms with Gasteiger partial charge in [-0.3, -0.25) is 13.9 Å². The number of hydrogen-bond acceptors (Lipinski definition) is 4. The van der Waals surface area contributed by atoms with E-state index in [2.05, 4.69) is 5.32 Å². The number of rotatable bonds is 13. The van der Waals surface area contributed by atoms with Crippen LogP contribution in [0.15, 0.2) is 72.8 Å². The van der Waals surface area contributed by atoms with Crippen LogP contribution in [0, 0.1) is 13.8 Å². The number of carbonyl (C=O) groups is 2. The van der Waals surface area contributed by atoms with Gasteiger partial charge in [0.25, 0.3) is 0 Å². The molecule has 0 fully saturated rings. The SMILES string of the molecule is CCNC(=O)[C@@H](Cc1ccccc1)N(Cc1ccc(Cl)cc1)C(=O)CCCN(c1ccc(C)c(C)c1)S(C)(=O)=O. The molecule has 0 aliphatic carbocycles. The Hall–Kier alpha value is -3.36. The van der Waals surface area contributed by atoms with Gasteiger partial charge in [-0.25, -0.2) is 8.42 Å². The van der Waals surface area contributed by atoms with Gasteiger partial charge in [-0.15, -0.1) is 0 Å². The van der Waals surface area contributed by atoms with E-state index in [0.29, 0.717) is 30.1 Å². The summed E-state index contributed by atoms with van der Waals surface area (Å²) in [7, 11) is -3.56. The Balaban J connectivity index is 1.86. The zero-order chi connectivity index (χ0) is 29.3. The maximum absolute atomic E-state index is 13.8. The molecule has 0 saturated carbocycles. The maximum atomic E-state index is 13.8. The minimum Gasteiger partial charge on any atom is -0.355 e. The number of carbonyl (C=O) groups excluding carboxylic acids is 2. The average molecular weight is 584 g/mol. The molecule has 0 aromatic heterocycles. The van der Waals surface area contributed by atoms with E-state index >= 15 is 0 Å². The van der Waals surface area contributed by atoms with Crippen molar-refractivity contribution in [3.63, 3.8) is 0 Å². The normalized spacial score (nSPS) is 12.0. The summed E-state index contributed by atoms with van der Waals surface area (Å²) in [6, 6.07) is 21.6. The van der Waals surface area contributed by atoms with Gasteiger partial charge in [-0.05, 0) is 73.7 Å². The van der Waals surface area contributed by atoms with Gasteiger partial charge < -0.3 is 10.2 Å². The van der Waals surface area contributed by atoms with Gasteiger partial charge in [-0.1, -0.05) is 60.1 Å². The number of sulfonamides is 1. The topological polar surface area (TPSA) is 86.8 Å². The van der Waals surface area contributed by atoms with Crippen molar-refractivity contribution < 1.29 is 18.0 Å². The van der Waals surface area contributed by atoms with Crippen molar-refractivity contribution >= 4 is 39.1 Å². The maximum Gasteiger partial charge on any atom is 0.243 e. The summed E-state index contributed by atoms with van der Waals surface area (Å²) in [6.07, 6.45) is 1.89. The van der Waals surface area contributed by atoms with Crippen LogP contribution in [0.4, 0.5) is 5.69 Å². The number of amides is 2. The monoisotopic (exact) mass is 583 g/mol. The highest BCUT2D eigenvalue weighted by atomic mass is 35.5. The molecule has 0 unspecified atom stereocenters. The molecule has 0 radical (unpaired) electrons. The predicted octanol–water partition coefficient (Wildman–Crippen LogP) is 5.28. The molecule has 2 amide bonds. The number of aryl methyl sites for hydroxylation is 2. The van der Waals surface area contributed by atoms with E-state index in [-0.39, 0.29) is 31.3 Å². The van der Waals surface area contributed by atoms with Crippen LogP contribution in [0.5, 0.6) is 0 Å². The molecule has 1 atom stereocenters. The fourth-order valence-electron chi connectivity index (χ4n) is 4.52. The highest BCUT2D eigenvalue weighted by Crippen LogP contribution is 2.23. The molecular formula is C31H38ClN3O4S. The third kappa shape index (κ3) is 8.83. The van der Waals surface area contributed by atoms with Gasteiger partial charge in [0.05, 0.1) is 11.9 Å². The lowest BCUT2D eigenvalue weighted by atomic mass is 10.0. The van der Waals surface area contributed by atoms with Gasteiger partial charge in [0.15, 0.2) is 0 Å². The van der Waals surface area contributed by atoms with E-state index < -0.39 is 16.1 Å². The van der Waals surface area contributed by atoms with Crippen molar-refractivity contribution in [3.05, 3.63) is 100 Å². The zero-order valence-electron chi connectivity index (χ0n) is 23.6. The molecule has 0 saturated heterocycles. The third-order valence-corrected chi connectivity index (χ3v) is 8.26. The summed E-state index contributed by atoms with van der Waals surface area (Å²) in [6.45, 7) is 6.55. The van der Waals surface area contributed by atoms with Gasteiger partial charge >= 0.3 is 0 Å². The minimum atomic E-state index is -3.56. The molecule has 1 N–H and O–H groups in total. The first-order valence-corrected chi connectivity index (χ1v) is 15.6. The van der Waals surface area contributed by atoms with Crippen LogP contribution in [0.3, 0.4) is 0 Å². The Morgan fingerprint density at radius 3 is 2.20 bits per heavy atom. The molecule has 3 aromatic carbocycles. The Morgan fingerprint density at radius 1 is 0.925 bits per heavy atom. The van der Waals surface area contributed by atoms with Crippen LogP contribution in [0.2, 0.25) is 5.02 Å². The number of anilines is 1. The predicted molar refractivity (Wildman–Crippen MR) is 162 cm³/mol. The molecule has 0 heterocycles. The lowest BCUT2D eigenvalue weighted by Gasteiger charge is -2.32. The first kappa shape index (κ1) is 31.2. The summed E-state index contributed by atoms with van der Waals surface area (Å²) in [5.74, 6) is -0.461. The zero-order valence-corrected chi connectivity index (χ0v) is 25.1. The van der Waals surface area contributed by atoms with Gasteiger partial charge in [0.2, 0.25) is 21.8 Å². The van der Waals surface area contributed by atoms with Crippen LogP contribution in [-0.2, 0) is 32.6 Å². The number of benzene rings is 3. The van der Waals surface area contributed by atoms with Crippen LogP contribution in [0.25, 0.3) is 0 Å². The number of halogens is 1. The largest absolute Gasteiger partial charge is 0.355 e. The summed E-state index contributed by atoms with van der Waals surface area (Å²) >= 11 is 6.08. The highest BCUT2D eigenvalue weighted by molar-refractivity contribution is 7.92. The third-order valence-electron chi connectivity index (χ3n) is 6.82. The molecule has 3 aromatic rings. The lowest BCUT2D eigenvalue weighted by Crippen LogP contribution is -2.50. The van der Waals surface area contributed by atoms with E-state index in [1.165, 1.54) is 10.6 Å². The molecule has 0 spiro atoms. The van der Waals surface area contributed by atoms with E-state index in [1.807, 2.05) is 75.4 Å². The molecular weight excluding hydrogens is 546 g/mol. The first-order chi connectivity index (χ1) is 19.0. The van der Waals surface area contributed by atoms with E-state index in [0.717, 1.165) is 22.3 Å². The van der Waals surface area contributed by atoms with E-state index in [9.17, 15) is 18.0 Å². The number of hydrogen-bond donors (Lipinski definition) is 1. The smallest absolute Gasteiger partial charge is 0.243 e. The quantitative estimate of drug-likeness (QED) is 0.297. The van der Waals surface area contributed by atoms with Crippen molar-refractivity contribution in [1.29, 1.82) is 0 Å². The molecule has 0 bridgehead atoms. The fraction of sp³-hybridized carbons (Fsp3) is 0.355. The van der Waals surface area contributed by atoms with Crippen LogP contribution in [-0.4, -0.2) is 50.5 Å². The summed E-state index contributed by atoms with van der Waals surface area (Å²) < 4.78 is 26.6. The highest BCUT2D eigenvalue weighted by Gasteiger charge is 2.30. The van der Waals surface area contributed by atoms with Gasteiger partial charge in [0.1, 0.15) is 6.04 Å². The molecule has 9 heteroatoms. The van der Waals surface area contributed by atoms with Gasteiger partial charge in [-0.2, -0.15) is 0 Å². The van der Waals surface area contributed by atoms with Crippen molar-refractivity contribution in [2.45, 2.75) is 52.6 Å². The minimum absolute atomic E-state index is 0.0785. The van der Waals surface area contributed by atoms with Crippen LogP contribution >= 0.6 is 11.6 Å². The average Bonchev–Trinajstić information content (AvgIpc) is 2.91. The van der Waals surface area contributed by atoms with E-state index in [4.69, 9.17) is 11.6 Å². The Labute approximate surface area is 243 Å². The summed E-state index contributed by atoms with van der Waals surface area (Å²) in [5.41, 5.74) is 4.40. The van der Waals surface area contributed by atoms with Crippen LogP contribution < -0.4 is 9.62 Å². The van der Waals surface area contributed by atoms with Crippen LogP contribution in [0.1, 0.15) is 42.0 Å². The standard InChI is InChI=1S/C31H38ClN3O4S/c1-5-33-31(37)29(21-25-10-7-6-8-11-25)34(22-26-14-16-27(32)17-15-26)30(36)12-9-19-35(40(4,38)39)28-18-13-23(2)24(3)20-28/h6-8,10-11,13-18,20,29H,5,9,12,19,21-22H2,1-4H3,(H,33,37)/t29-/m1/s1. The van der Waals surface area contributed by atoms with Gasteiger partial charge in [0, 0.05) is 37.5 Å². The van der Waals surface area contributed by atoms with Crippen molar-refractivity contribution in [1.82, 2.24) is 10.2 Å². The summed E-state index contributed by atoms with van der Waals surface area (Å²) in [5, 5.41) is 3.46. The molecule has 214 valence electrons. The summed E-state index contributed by atoms with van der Waals surface area (Å²) in [4.78, 5) is 28.7. The molecule has 40 heavy (non-hydrogen) atoms. The second-order valence-corrected chi connectivity index (χ2v) is 12.3. The van der Waals surface area contributed by atoms with E-state index in [1.54, 1.807) is 23.1 Å². The van der Waals surface area contributed by atoms with Crippen molar-refractivity contribution in [2.75, 3.05) is 23.7 Å². The number of likely N-dealkylation sites (N-methyl/N-ethyl adjacent to an activating group) is 1. The molecule has 0 aliphatic rings. The van der Waals surface area contributed by atoms with Crippen molar-refractivity contribution in [3.8, 4) is 0 Å². The first-order valence-electron chi connectivity index (χ1n) is 13.4. The lowest BCUT2D eigenvalue weighted by molar-refractivity contribution is -0.141.